The molecule has 3 fully saturated rings. The van der Waals surface area contributed by atoms with Crippen molar-refractivity contribution in [3.63, 3.8) is 0 Å². The Hall–Kier alpha value is -0.0400. The molecule has 3 aliphatic carbocycles. The Labute approximate surface area is 75.9 Å². The van der Waals surface area contributed by atoms with Crippen molar-refractivity contribution in [2.75, 3.05) is 7.05 Å². The van der Waals surface area contributed by atoms with E-state index in [1.165, 1.54) is 12.8 Å². The molecule has 0 heterocycles. The van der Waals surface area contributed by atoms with Gasteiger partial charge in [0.2, 0.25) is 0 Å². The minimum Gasteiger partial charge on any atom is -0.317 e. The fourth-order valence-electron chi connectivity index (χ4n) is 3.53. The molecule has 0 aromatic rings. The fourth-order valence-corrected chi connectivity index (χ4v) is 3.53. The lowest BCUT2D eigenvalue weighted by Crippen LogP contribution is -2.59. The first-order valence-corrected chi connectivity index (χ1v) is 5.24. The topological polar surface area (TPSA) is 12.0 Å². The van der Waals surface area contributed by atoms with E-state index in [1.54, 1.807) is 0 Å². The second-order valence-electron chi connectivity index (χ2n) is 5.35. The molecule has 0 spiro atoms. The molecule has 3 aliphatic rings. The molecule has 70 valence electrons. The fraction of sp³-hybridized carbons (Fsp3) is 1.00. The first kappa shape index (κ1) is 8.55. The summed E-state index contributed by atoms with van der Waals surface area (Å²) in [5.41, 5.74) is 0.646. The summed E-state index contributed by atoms with van der Waals surface area (Å²) in [5.74, 6) is 2.86. The minimum atomic E-state index is 0.646. The highest BCUT2D eigenvalue weighted by Gasteiger charge is 2.55. The zero-order valence-electron chi connectivity index (χ0n) is 8.72. The van der Waals surface area contributed by atoms with Gasteiger partial charge in [-0.25, -0.2) is 0 Å². The van der Waals surface area contributed by atoms with Crippen molar-refractivity contribution in [1.29, 1.82) is 0 Å². The number of hydrogen-bond acceptors (Lipinski definition) is 1. The summed E-state index contributed by atoms with van der Waals surface area (Å²) in [6.45, 7) is 7.32. The summed E-state index contributed by atoms with van der Waals surface area (Å²) >= 11 is 0. The van der Waals surface area contributed by atoms with Crippen LogP contribution in [0.25, 0.3) is 0 Å². The van der Waals surface area contributed by atoms with E-state index in [-0.39, 0.29) is 0 Å². The molecule has 3 rings (SSSR count). The molecule has 1 unspecified atom stereocenters. The molecule has 0 aromatic heterocycles. The molecule has 1 heteroatoms. The Morgan fingerprint density at radius 3 is 2.33 bits per heavy atom. The third kappa shape index (κ3) is 0.891. The number of fused-ring (bicyclic) bond motifs is 2. The zero-order valence-corrected chi connectivity index (χ0v) is 8.72. The maximum Gasteiger partial charge on any atom is 0.00953 e. The second-order valence-corrected chi connectivity index (χ2v) is 5.35. The van der Waals surface area contributed by atoms with Crippen molar-refractivity contribution in [3.05, 3.63) is 0 Å². The van der Waals surface area contributed by atoms with Gasteiger partial charge in [-0.05, 0) is 43.1 Å². The number of hydrogen-bond donors (Lipinski definition) is 1. The summed E-state index contributed by atoms with van der Waals surface area (Å²) in [4.78, 5) is 0. The molecule has 0 aliphatic heterocycles. The molecule has 0 radical (unpaired) electrons. The van der Waals surface area contributed by atoms with E-state index < -0.39 is 0 Å². The van der Waals surface area contributed by atoms with E-state index in [0.29, 0.717) is 5.41 Å². The van der Waals surface area contributed by atoms with Gasteiger partial charge in [0.15, 0.2) is 0 Å². The number of nitrogens with one attached hydrogen (secondary N) is 1. The molecule has 0 aromatic carbocycles. The summed E-state index contributed by atoms with van der Waals surface area (Å²) in [5, 5.41) is 3.45. The maximum absolute atomic E-state index is 3.45. The van der Waals surface area contributed by atoms with Gasteiger partial charge in [-0.3, -0.25) is 0 Å². The lowest BCUT2D eigenvalue weighted by atomic mass is 9.45. The Morgan fingerprint density at radius 1 is 1.25 bits per heavy atom. The molecule has 0 amide bonds. The Balaban J connectivity index is 2.11. The quantitative estimate of drug-likeness (QED) is 0.632. The van der Waals surface area contributed by atoms with Crippen molar-refractivity contribution in [3.8, 4) is 0 Å². The van der Waals surface area contributed by atoms with Gasteiger partial charge in [0.25, 0.3) is 0 Å². The van der Waals surface area contributed by atoms with E-state index in [2.05, 4.69) is 33.1 Å². The van der Waals surface area contributed by atoms with Crippen LogP contribution in [-0.4, -0.2) is 13.1 Å². The molecule has 1 N–H and O–H groups in total. The Bertz CT molecular complexity index is 185. The second kappa shape index (κ2) is 2.47. The van der Waals surface area contributed by atoms with Crippen LogP contribution in [0.2, 0.25) is 0 Å². The molecule has 3 saturated carbocycles. The monoisotopic (exact) mass is 167 g/mol. The molecule has 4 atom stereocenters. The van der Waals surface area contributed by atoms with Gasteiger partial charge >= 0.3 is 0 Å². The lowest BCUT2D eigenvalue weighted by molar-refractivity contribution is -0.113. The number of rotatable bonds is 1. The predicted molar refractivity (Wildman–Crippen MR) is 52.0 cm³/mol. The van der Waals surface area contributed by atoms with Crippen LogP contribution in [0, 0.1) is 23.2 Å². The van der Waals surface area contributed by atoms with Gasteiger partial charge < -0.3 is 5.32 Å². The van der Waals surface area contributed by atoms with E-state index in [4.69, 9.17) is 0 Å². The highest BCUT2D eigenvalue weighted by atomic mass is 14.9. The molecule has 1 nitrogen and oxygen atoms in total. The summed E-state index contributed by atoms with van der Waals surface area (Å²) in [7, 11) is 2.11. The van der Waals surface area contributed by atoms with Crippen LogP contribution in [0.4, 0.5) is 0 Å². The van der Waals surface area contributed by atoms with Crippen LogP contribution in [0.1, 0.15) is 33.6 Å². The summed E-state index contributed by atoms with van der Waals surface area (Å²) in [6, 6.07) is 0.793. The van der Waals surface area contributed by atoms with E-state index in [0.717, 1.165) is 23.8 Å². The van der Waals surface area contributed by atoms with Crippen molar-refractivity contribution >= 4 is 0 Å². The van der Waals surface area contributed by atoms with Crippen molar-refractivity contribution in [1.82, 2.24) is 5.32 Å². The minimum absolute atomic E-state index is 0.646. The maximum atomic E-state index is 3.45. The molecule has 12 heavy (non-hydrogen) atoms. The van der Waals surface area contributed by atoms with Crippen LogP contribution >= 0.6 is 0 Å². The standard InChI is InChI=1S/C11H21N/c1-7-9-5-8(11(9,2)3)6-10(7)12-4/h7-10,12H,5-6H2,1-4H3/t7-,8-,9+,10?/m0/s1. The molecular weight excluding hydrogens is 146 g/mol. The third-order valence-electron chi connectivity index (χ3n) is 4.72. The van der Waals surface area contributed by atoms with Crippen LogP contribution in [0.3, 0.4) is 0 Å². The Morgan fingerprint density at radius 2 is 1.92 bits per heavy atom. The van der Waals surface area contributed by atoms with Crippen molar-refractivity contribution < 1.29 is 0 Å². The lowest BCUT2D eigenvalue weighted by Gasteiger charge is -2.62. The smallest absolute Gasteiger partial charge is 0.00953 e. The highest BCUT2D eigenvalue weighted by molar-refractivity contribution is 5.06. The molecule has 0 saturated heterocycles. The molecule has 2 bridgehead atoms. The summed E-state index contributed by atoms with van der Waals surface area (Å²) in [6.07, 6.45) is 2.90. The zero-order chi connectivity index (χ0) is 8.93. The van der Waals surface area contributed by atoms with Crippen LogP contribution in [-0.2, 0) is 0 Å². The Kier molecular flexibility index (Phi) is 1.76. The van der Waals surface area contributed by atoms with Crippen molar-refractivity contribution in [2.24, 2.45) is 23.2 Å². The van der Waals surface area contributed by atoms with Crippen LogP contribution < -0.4 is 5.32 Å². The SMILES string of the molecule is CNC1C[C@@H]2C[C@H]([C@@H]1C)C2(C)C. The first-order chi connectivity index (χ1) is 5.57. The van der Waals surface area contributed by atoms with Gasteiger partial charge in [-0.1, -0.05) is 20.8 Å². The van der Waals surface area contributed by atoms with Gasteiger partial charge in [-0.15, -0.1) is 0 Å². The van der Waals surface area contributed by atoms with Gasteiger partial charge in [0, 0.05) is 6.04 Å². The summed E-state index contributed by atoms with van der Waals surface area (Å²) < 4.78 is 0. The van der Waals surface area contributed by atoms with Gasteiger partial charge in [0.1, 0.15) is 0 Å². The van der Waals surface area contributed by atoms with Gasteiger partial charge in [0.05, 0.1) is 0 Å². The third-order valence-corrected chi connectivity index (χ3v) is 4.72. The normalized spacial score (nSPS) is 50.0. The highest BCUT2D eigenvalue weighted by Crippen LogP contribution is 2.61. The average Bonchev–Trinajstić information content (AvgIpc) is 2.03. The van der Waals surface area contributed by atoms with Crippen LogP contribution in [0.5, 0.6) is 0 Å². The van der Waals surface area contributed by atoms with Crippen LogP contribution in [0.15, 0.2) is 0 Å². The average molecular weight is 167 g/mol. The largest absolute Gasteiger partial charge is 0.317 e. The molecular formula is C11H21N. The van der Waals surface area contributed by atoms with Crippen molar-refractivity contribution in [2.45, 2.75) is 39.7 Å². The first-order valence-electron chi connectivity index (χ1n) is 5.24. The van der Waals surface area contributed by atoms with E-state index in [1.807, 2.05) is 0 Å². The van der Waals surface area contributed by atoms with E-state index in [9.17, 15) is 0 Å². The van der Waals surface area contributed by atoms with E-state index >= 15 is 0 Å². The predicted octanol–water partition coefficient (Wildman–Crippen LogP) is 2.28. The van der Waals surface area contributed by atoms with Gasteiger partial charge in [-0.2, -0.15) is 0 Å².